The van der Waals surface area contributed by atoms with Crippen LogP contribution in [0.3, 0.4) is 0 Å². The molecule has 0 aromatic carbocycles. The lowest BCUT2D eigenvalue weighted by atomic mass is 10.3. The Hall–Kier alpha value is -1.75. The molecule has 0 amide bonds. The van der Waals surface area contributed by atoms with Gasteiger partial charge in [-0.3, -0.25) is 0 Å². The molecule has 96 valence electrons. The van der Waals surface area contributed by atoms with Crippen LogP contribution in [0.4, 0.5) is 6.01 Å². The van der Waals surface area contributed by atoms with E-state index < -0.39 is 0 Å². The summed E-state index contributed by atoms with van der Waals surface area (Å²) in [6.45, 7) is 1.51. The SMILES string of the molecule is CN(Cc1ccoc1)c1nc(CNC2CC2)co1. The molecule has 2 heterocycles. The van der Waals surface area contributed by atoms with Gasteiger partial charge in [-0.15, -0.1) is 0 Å². The molecular weight excluding hydrogens is 230 g/mol. The molecule has 1 saturated carbocycles. The highest BCUT2D eigenvalue weighted by Gasteiger charge is 2.20. The fourth-order valence-corrected chi connectivity index (χ4v) is 1.81. The molecule has 1 fully saturated rings. The Morgan fingerprint density at radius 2 is 2.33 bits per heavy atom. The summed E-state index contributed by atoms with van der Waals surface area (Å²) in [6.07, 6.45) is 7.69. The van der Waals surface area contributed by atoms with E-state index in [0.29, 0.717) is 12.1 Å². The molecule has 0 spiro atoms. The topological polar surface area (TPSA) is 54.4 Å². The van der Waals surface area contributed by atoms with Gasteiger partial charge in [0, 0.05) is 25.2 Å². The highest BCUT2D eigenvalue weighted by Crippen LogP contribution is 2.20. The molecule has 1 N–H and O–H groups in total. The highest BCUT2D eigenvalue weighted by molar-refractivity contribution is 5.27. The smallest absolute Gasteiger partial charge is 0.297 e. The average molecular weight is 247 g/mol. The van der Waals surface area contributed by atoms with Gasteiger partial charge in [0.2, 0.25) is 0 Å². The molecule has 2 aromatic heterocycles. The molecule has 0 saturated heterocycles. The van der Waals surface area contributed by atoms with E-state index >= 15 is 0 Å². The lowest BCUT2D eigenvalue weighted by Gasteiger charge is -2.12. The molecule has 5 heteroatoms. The van der Waals surface area contributed by atoms with Gasteiger partial charge in [-0.25, -0.2) is 0 Å². The molecule has 1 aliphatic carbocycles. The number of aromatic nitrogens is 1. The second kappa shape index (κ2) is 4.86. The quantitative estimate of drug-likeness (QED) is 0.847. The van der Waals surface area contributed by atoms with Gasteiger partial charge in [-0.1, -0.05) is 0 Å². The fraction of sp³-hybridized carbons (Fsp3) is 0.462. The summed E-state index contributed by atoms with van der Waals surface area (Å²) in [6, 6.07) is 3.27. The second-order valence-corrected chi connectivity index (χ2v) is 4.76. The molecular formula is C13H17N3O2. The van der Waals surface area contributed by atoms with Gasteiger partial charge in [-0.2, -0.15) is 4.98 Å². The molecule has 0 bridgehead atoms. The first-order valence-corrected chi connectivity index (χ1v) is 6.21. The Balaban J connectivity index is 1.57. The van der Waals surface area contributed by atoms with E-state index in [1.54, 1.807) is 18.8 Å². The number of oxazole rings is 1. The lowest BCUT2D eigenvalue weighted by Crippen LogP contribution is -2.17. The van der Waals surface area contributed by atoms with Gasteiger partial charge in [0.1, 0.15) is 6.26 Å². The fourth-order valence-electron chi connectivity index (χ4n) is 1.81. The zero-order valence-corrected chi connectivity index (χ0v) is 10.4. The molecule has 1 aliphatic rings. The first-order chi connectivity index (χ1) is 8.81. The normalized spacial score (nSPS) is 14.9. The molecule has 5 nitrogen and oxygen atoms in total. The molecule has 0 atom stereocenters. The Labute approximate surface area is 106 Å². The van der Waals surface area contributed by atoms with Crippen LogP contribution in [0.25, 0.3) is 0 Å². The lowest BCUT2D eigenvalue weighted by molar-refractivity contribution is 0.539. The van der Waals surface area contributed by atoms with Crippen LogP contribution in [0.5, 0.6) is 0 Å². The van der Waals surface area contributed by atoms with Gasteiger partial charge in [0.05, 0.1) is 24.8 Å². The van der Waals surface area contributed by atoms with Crippen LogP contribution in [0.15, 0.2) is 33.7 Å². The van der Waals surface area contributed by atoms with Crippen LogP contribution in [0.1, 0.15) is 24.1 Å². The van der Waals surface area contributed by atoms with Crippen molar-refractivity contribution in [2.45, 2.75) is 32.0 Å². The molecule has 0 radical (unpaired) electrons. The summed E-state index contributed by atoms with van der Waals surface area (Å²) in [7, 11) is 1.96. The van der Waals surface area contributed by atoms with Gasteiger partial charge in [0.15, 0.2) is 0 Å². The van der Waals surface area contributed by atoms with Crippen LogP contribution in [-0.4, -0.2) is 18.1 Å². The van der Waals surface area contributed by atoms with Crippen molar-refractivity contribution in [3.8, 4) is 0 Å². The van der Waals surface area contributed by atoms with Crippen molar-refractivity contribution in [2.75, 3.05) is 11.9 Å². The average Bonchev–Trinajstić information content (AvgIpc) is 2.88. The summed E-state index contributed by atoms with van der Waals surface area (Å²) >= 11 is 0. The highest BCUT2D eigenvalue weighted by atomic mass is 16.4. The van der Waals surface area contributed by atoms with E-state index in [-0.39, 0.29) is 0 Å². The van der Waals surface area contributed by atoms with E-state index in [0.717, 1.165) is 24.3 Å². The van der Waals surface area contributed by atoms with Crippen LogP contribution in [0.2, 0.25) is 0 Å². The Morgan fingerprint density at radius 1 is 1.44 bits per heavy atom. The van der Waals surface area contributed by atoms with Crippen molar-refractivity contribution < 1.29 is 8.83 Å². The van der Waals surface area contributed by atoms with E-state index in [4.69, 9.17) is 8.83 Å². The first kappa shape index (κ1) is 11.3. The van der Waals surface area contributed by atoms with Crippen molar-refractivity contribution in [1.82, 2.24) is 10.3 Å². The largest absolute Gasteiger partial charge is 0.472 e. The first-order valence-electron chi connectivity index (χ1n) is 6.21. The number of anilines is 1. The number of hydrogen-bond acceptors (Lipinski definition) is 5. The van der Waals surface area contributed by atoms with Crippen LogP contribution in [-0.2, 0) is 13.1 Å². The zero-order valence-electron chi connectivity index (χ0n) is 10.4. The summed E-state index contributed by atoms with van der Waals surface area (Å²) in [5, 5.41) is 3.41. The van der Waals surface area contributed by atoms with E-state index in [2.05, 4.69) is 10.3 Å². The van der Waals surface area contributed by atoms with Gasteiger partial charge in [0.25, 0.3) is 6.01 Å². The molecule has 0 aliphatic heterocycles. The third-order valence-electron chi connectivity index (χ3n) is 3.02. The Morgan fingerprint density at radius 3 is 3.06 bits per heavy atom. The minimum Gasteiger partial charge on any atom is -0.472 e. The van der Waals surface area contributed by atoms with E-state index in [1.807, 2.05) is 18.0 Å². The van der Waals surface area contributed by atoms with Crippen molar-refractivity contribution in [2.24, 2.45) is 0 Å². The van der Waals surface area contributed by atoms with Crippen LogP contribution < -0.4 is 10.2 Å². The van der Waals surface area contributed by atoms with Gasteiger partial charge >= 0.3 is 0 Å². The molecule has 3 rings (SSSR count). The number of nitrogens with one attached hydrogen (secondary N) is 1. The van der Waals surface area contributed by atoms with Crippen molar-refractivity contribution in [3.63, 3.8) is 0 Å². The standard InChI is InChI=1S/C13H17N3O2/c1-16(7-10-4-5-17-8-10)13-15-12(9-18-13)6-14-11-2-3-11/h4-5,8-9,11,14H,2-3,6-7H2,1H3. The summed E-state index contributed by atoms with van der Waals surface area (Å²) in [5.74, 6) is 0. The minimum absolute atomic E-state index is 0.642. The van der Waals surface area contributed by atoms with Crippen LogP contribution in [0, 0.1) is 0 Å². The van der Waals surface area contributed by atoms with Crippen molar-refractivity contribution >= 4 is 6.01 Å². The Bertz CT molecular complexity index is 488. The summed E-state index contributed by atoms with van der Waals surface area (Å²) in [5.41, 5.74) is 2.06. The van der Waals surface area contributed by atoms with Gasteiger partial charge in [-0.05, 0) is 18.9 Å². The number of nitrogens with zero attached hydrogens (tertiary/aromatic N) is 2. The zero-order chi connectivity index (χ0) is 12.4. The number of rotatable bonds is 6. The third kappa shape index (κ3) is 2.73. The number of furan rings is 1. The summed E-state index contributed by atoms with van der Waals surface area (Å²) < 4.78 is 10.5. The maximum absolute atomic E-state index is 5.47. The number of hydrogen-bond donors (Lipinski definition) is 1. The molecule has 18 heavy (non-hydrogen) atoms. The van der Waals surface area contributed by atoms with Crippen LogP contribution >= 0.6 is 0 Å². The summed E-state index contributed by atoms with van der Waals surface area (Å²) in [4.78, 5) is 6.42. The predicted molar refractivity (Wildman–Crippen MR) is 67.2 cm³/mol. The second-order valence-electron chi connectivity index (χ2n) is 4.76. The third-order valence-corrected chi connectivity index (χ3v) is 3.02. The molecule has 2 aromatic rings. The molecule has 0 unspecified atom stereocenters. The van der Waals surface area contributed by atoms with E-state index in [1.165, 1.54) is 12.8 Å². The van der Waals surface area contributed by atoms with Crippen molar-refractivity contribution in [1.29, 1.82) is 0 Å². The predicted octanol–water partition coefficient (Wildman–Crippen LogP) is 2.16. The Kier molecular flexibility index (Phi) is 3.06. The van der Waals surface area contributed by atoms with E-state index in [9.17, 15) is 0 Å². The maximum Gasteiger partial charge on any atom is 0.297 e. The van der Waals surface area contributed by atoms with Gasteiger partial charge < -0.3 is 19.1 Å². The monoisotopic (exact) mass is 247 g/mol. The maximum atomic E-state index is 5.47. The van der Waals surface area contributed by atoms with Crippen molar-refractivity contribution in [3.05, 3.63) is 36.1 Å². The minimum atomic E-state index is 0.642.